The fourth-order valence-electron chi connectivity index (χ4n) is 3.41. The number of hydrogen-bond acceptors (Lipinski definition) is 3. The van der Waals surface area contributed by atoms with E-state index in [9.17, 15) is 4.79 Å². The molecule has 2 atom stereocenters. The molecule has 1 aromatic carbocycles. The van der Waals surface area contributed by atoms with E-state index in [0.717, 1.165) is 50.6 Å². The average Bonchev–Trinajstić information content (AvgIpc) is 3.18. The zero-order valence-electron chi connectivity index (χ0n) is 13.9. The summed E-state index contributed by atoms with van der Waals surface area (Å²) in [5.74, 6) is 0.895. The van der Waals surface area contributed by atoms with Crippen LogP contribution in [0, 0.1) is 18.8 Å². The Morgan fingerprint density at radius 1 is 1.38 bits per heavy atom. The van der Waals surface area contributed by atoms with Crippen LogP contribution in [0.2, 0.25) is 5.02 Å². The molecule has 0 saturated carbocycles. The smallest absolute Gasteiger partial charge is 0.224 e. The molecule has 0 aliphatic carbocycles. The predicted octanol–water partition coefficient (Wildman–Crippen LogP) is 3.04. The molecule has 0 radical (unpaired) electrons. The Morgan fingerprint density at radius 3 is 2.88 bits per heavy atom. The molecule has 2 saturated heterocycles. The first-order valence-electron chi connectivity index (χ1n) is 8.13. The molecule has 0 aromatic heterocycles. The van der Waals surface area contributed by atoms with Crippen molar-refractivity contribution in [1.82, 2.24) is 10.6 Å². The third-order valence-corrected chi connectivity index (χ3v) is 5.03. The molecule has 7 heteroatoms. The standard InChI is InChI=1S/C17H24ClN3O.2ClH/c1-12-2-3-15(18)8-16(12)21-7-5-13(11-21)9-20-17(22)14-4-6-19-10-14;;/h2-3,8,13-14,19H,4-7,9-11H2,1H3,(H,20,22);2*1H. The highest BCUT2D eigenvalue weighted by Gasteiger charge is 2.26. The van der Waals surface area contributed by atoms with E-state index in [0.29, 0.717) is 5.92 Å². The van der Waals surface area contributed by atoms with Crippen LogP contribution in [0.4, 0.5) is 5.69 Å². The monoisotopic (exact) mass is 393 g/mol. The number of carbonyl (C=O) groups excluding carboxylic acids is 1. The predicted molar refractivity (Wildman–Crippen MR) is 105 cm³/mol. The van der Waals surface area contributed by atoms with E-state index < -0.39 is 0 Å². The molecule has 2 heterocycles. The van der Waals surface area contributed by atoms with Crippen LogP contribution in [0.1, 0.15) is 18.4 Å². The van der Waals surface area contributed by atoms with Gasteiger partial charge in [0.1, 0.15) is 0 Å². The highest BCUT2D eigenvalue weighted by molar-refractivity contribution is 6.30. The molecule has 2 fully saturated rings. The summed E-state index contributed by atoms with van der Waals surface area (Å²) in [7, 11) is 0. The molecule has 2 aliphatic heterocycles. The van der Waals surface area contributed by atoms with Crippen molar-refractivity contribution in [2.24, 2.45) is 11.8 Å². The van der Waals surface area contributed by atoms with E-state index in [1.54, 1.807) is 0 Å². The van der Waals surface area contributed by atoms with Crippen LogP contribution in [-0.2, 0) is 4.79 Å². The molecule has 2 aliphatic rings. The van der Waals surface area contributed by atoms with Crippen LogP contribution in [0.15, 0.2) is 18.2 Å². The molecule has 24 heavy (non-hydrogen) atoms. The molecule has 3 rings (SSSR count). The second-order valence-corrected chi connectivity index (χ2v) is 6.90. The summed E-state index contributed by atoms with van der Waals surface area (Å²) in [4.78, 5) is 14.5. The summed E-state index contributed by atoms with van der Waals surface area (Å²) >= 11 is 6.12. The first kappa shape index (κ1) is 21.4. The Hall–Kier alpha value is -0.680. The van der Waals surface area contributed by atoms with Gasteiger partial charge in [-0.3, -0.25) is 4.79 Å². The molecule has 1 aromatic rings. The number of aryl methyl sites for hydroxylation is 1. The first-order valence-corrected chi connectivity index (χ1v) is 8.51. The van der Waals surface area contributed by atoms with Crippen LogP contribution in [0.3, 0.4) is 0 Å². The molecular weight excluding hydrogens is 369 g/mol. The molecule has 2 N–H and O–H groups in total. The van der Waals surface area contributed by atoms with Crippen molar-refractivity contribution in [2.75, 3.05) is 37.6 Å². The van der Waals surface area contributed by atoms with Crippen molar-refractivity contribution < 1.29 is 4.79 Å². The van der Waals surface area contributed by atoms with Gasteiger partial charge in [0, 0.05) is 36.9 Å². The lowest BCUT2D eigenvalue weighted by atomic mass is 10.1. The summed E-state index contributed by atoms with van der Waals surface area (Å²) in [5, 5.41) is 7.16. The second kappa shape index (κ2) is 9.71. The number of benzene rings is 1. The van der Waals surface area contributed by atoms with Crippen LogP contribution in [0.25, 0.3) is 0 Å². The fourth-order valence-corrected chi connectivity index (χ4v) is 3.58. The topological polar surface area (TPSA) is 44.4 Å². The maximum absolute atomic E-state index is 12.1. The number of hydrogen-bond donors (Lipinski definition) is 2. The van der Waals surface area contributed by atoms with Gasteiger partial charge in [0.2, 0.25) is 5.91 Å². The summed E-state index contributed by atoms with van der Waals surface area (Å²) in [6, 6.07) is 6.05. The van der Waals surface area contributed by atoms with Gasteiger partial charge in [0.05, 0.1) is 5.92 Å². The number of nitrogens with zero attached hydrogens (tertiary/aromatic N) is 1. The van der Waals surface area contributed by atoms with E-state index in [1.807, 2.05) is 12.1 Å². The second-order valence-electron chi connectivity index (χ2n) is 6.47. The van der Waals surface area contributed by atoms with Crippen LogP contribution >= 0.6 is 36.4 Å². The normalized spacial score (nSPS) is 22.7. The maximum atomic E-state index is 12.1. The Bertz CT molecular complexity index is 550. The van der Waals surface area contributed by atoms with E-state index in [2.05, 4.69) is 28.5 Å². The number of amides is 1. The number of nitrogens with one attached hydrogen (secondary N) is 2. The van der Waals surface area contributed by atoms with Gasteiger partial charge in [-0.05, 0) is 49.9 Å². The molecule has 136 valence electrons. The summed E-state index contributed by atoms with van der Waals surface area (Å²) < 4.78 is 0. The van der Waals surface area contributed by atoms with Gasteiger partial charge in [-0.1, -0.05) is 17.7 Å². The zero-order chi connectivity index (χ0) is 15.5. The van der Waals surface area contributed by atoms with Crippen LogP contribution in [0.5, 0.6) is 0 Å². The zero-order valence-corrected chi connectivity index (χ0v) is 16.3. The van der Waals surface area contributed by atoms with Crippen LogP contribution < -0.4 is 15.5 Å². The number of carbonyl (C=O) groups is 1. The maximum Gasteiger partial charge on any atom is 0.224 e. The van der Waals surface area contributed by atoms with E-state index in [1.165, 1.54) is 11.3 Å². The number of anilines is 1. The highest BCUT2D eigenvalue weighted by Crippen LogP contribution is 2.29. The molecular formula is C17H26Cl3N3O. The lowest BCUT2D eigenvalue weighted by Gasteiger charge is -2.21. The lowest BCUT2D eigenvalue weighted by molar-refractivity contribution is -0.124. The van der Waals surface area contributed by atoms with Crippen molar-refractivity contribution in [3.63, 3.8) is 0 Å². The number of halogens is 3. The van der Waals surface area contributed by atoms with E-state index in [-0.39, 0.29) is 36.6 Å². The van der Waals surface area contributed by atoms with Gasteiger partial charge in [0.25, 0.3) is 0 Å². The van der Waals surface area contributed by atoms with Gasteiger partial charge < -0.3 is 15.5 Å². The fraction of sp³-hybridized carbons (Fsp3) is 0.588. The minimum atomic E-state index is 0. The quantitative estimate of drug-likeness (QED) is 0.825. The van der Waals surface area contributed by atoms with Gasteiger partial charge in [-0.15, -0.1) is 24.8 Å². The molecule has 0 bridgehead atoms. The van der Waals surface area contributed by atoms with Crippen molar-refractivity contribution in [3.8, 4) is 0 Å². The molecule has 1 amide bonds. The van der Waals surface area contributed by atoms with E-state index >= 15 is 0 Å². The van der Waals surface area contributed by atoms with Gasteiger partial charge in [0.15, 0.2) is 0 Å². The van der Waals surface area contributed by atoms with Crippen molar-refractivity contribution in [2.45, 2.75) is 19.8 Å². The summed E-state index contributed by atoms with van der Waals surface area (Å²) in [6.45, 7) is 6.71. The largest absolute Gasteiger partial charge is 0.371 e. The SMILES string of the molecule is Cc1ccc(Cl)cc1N1CCC(CNC(=O)C2CCNC2)C1.Cl.Cl. The highest BCUT2D eigenvalue weighted by atomic mass is 35.5. The molecule has 2 unspecified atom stereocenters. The Balaban J connectivity index is 0.00000144. The van der Waals surface area contributed by atoms with Crippen LogP contribution in [-0.4, -0.2) is 38.6 Å². The Labute approximate surface area is 161 Å². The lowest BCUT2D eigenvalue weighted by Crippen LogP contribution is -2.36. The van der Waals surface area contributed by atoms with Gasteiger partial charge in [-0.2, -0.15) is 0 Å². The summed E-state index contributed by atoms with van der Waals surface area (Å²) in [6.07, 6.45) is 2.08. The van der Waals surface area contributed by atoms with Gasteiger partial charge >= 0.3 is 0 Å². The molecule has 4 nitrogen and oxygen atoms in total. The van der Waals surface area contributed by atoms with Gasteiger partial charge in [-0.25, -0.2) is 0 Å². The van der Waals surface area contributed by atoms with E-state index in [4.69, 9.17) is 11.6 Å². The van der Waals surface area contributed by atoms with Crippen molar-refractivity contribution in [1.29, 1.82) is 0 Å². The minimum absolute atomic E-state index is 0. The van der Waals surface area contributed by atoms with Crippen molar-refractivity contribution >= 4 is 48.0 Å². The Morgan fingerprint density at radius 2 is 2.17 bits per heavy atom. The average molecular weight is 395 g/mol. The summed E-state index contributed by atoms with van der Waals surface area (Å²) in [5.41, 5.74) is 2.48. The Kier molecular flexibility index (Phi) is 8.65. The third kappa shape index (κ3) is 5.16. The third-order valence-electron chi connectivity index (χ3n) is 4.79. The van der Waals surface area contributed by atoms with Crippen molar-refractivity contribution in [3.05, 3.63) is 28.8 Å². The first-order chi connectivity index (χ1) is 10.6. The number of rotatable bonds is 4. The minimum Gasteiger partial charge on any atom is -0.371 e. The molecule has 0 spiro atoms.